The van der Waals surface area contributed by atoms with Gasteiger partial charge in [0.1, 0.15) is 11.2 Å². The molecule has 0 N–H and O–H groups in total. The fourth-order valence-electron chi connectivity index (χ4n) is 8.84. The van der Waals surface area contributed by atoms with Gasteiger partial charge in [-0.15, -0.1) is 11.3 Å². The highest BCUT2D eigenvalue weighted by molar-refractivity contribution is 7.18. The van der Waals surface area contributed by atoms with Crippen LogP contribution in [0.3, 0.4) is 0 Å². The number of furan rings is 1. The Bertz CT molecular complexity index is 3020. The Kier molecular flexibility index (Phi) is 8.06. The third-order valence-electron chi connectivity index (χ3n) is 11.9. The number of rotatable bonds is 7. The summed E-state index contributed by atoms with van der Waals surface area (Å²) in [4.78, 5) is 4.87. The number of benzene rings is 8. The zero-order valence-electron chi connectivity index (χ0n) is 32.3. The fourth-order valence-corrected chi connectivity index (χ4v) is 9.85. The molecule has 11 rings (SSSR count). The Labute approximate surface area is 342 Å². The van der Waals surface area contributed by atoms with Crippen LogP contribution in [0.1, 0.15) is 25.0 Å². The first-order chi connectivity index (χ1) is 28.5. The van der Waals surface area contributed by atoms with E-state index < -0.39 is 0 Å². The molecule has 0 bridgehead atoms. The van der Waals surface area contributed by atoms with Crippen molar-refractivity contribution in [1.82, 2.24) is 0 Å². The molecule has 2 heterocycles. The number of nitrogens with zero attached hydrogens (tertiary/aromatic N) is 1. The largest absolute Gasteiger partial charge is 0.456 e. The molecule has 10 aromatic rings. The summed E-state index contributed by atoms with van der Waals surface area (Å²) in [5, 5.41) is 2.35. The molecular weight excluding hydrogens is 723 g/mol. The highest BCUT2D eigenvalue weighted by Gasteiger charge is 2.36. The molecule has 1 aliphatic carbocycles. The van der Waals surface area contributed by atoms with Crippen molar-refractivity contribution in [3.63, 3.8) is 0 Å². The molecule has 3 heteroatoms. The van der Waals surface area contributed by atoms with Gasteiger partial charge in [-0.05, 0) is 128 Å². The molecule has 0 saturated heterocycles. The Balaban J connectivity index is 0.905. The molecule has 58 heavy (non-hydrogen) atoms. The SMILES string of the molecule is CC1(C)c2cc(-c3ccc(-c4ccc(N(c5ccc(-c6ccccc6)cc5)c5ccc(-c6ccccc6)cc5)cc4)s3)ccc2-c2cc3c(cc21)oc1ccccc13. The molecule has 0 atom stereocenters. The molecule has 0 spiro atoms. The van der Waals surface area contributed by atoms with E-state index in [1.807, 2.05) is 17.4 Å². The first-order valence-corrected chi connectivity index (χ1v) is 20.7. The second kappa shape index (κ2) is 13.6. The quantitative estimate of drug-likeness (QED) is 0.161. The lowest BCUT2D eigenvalue weighted by atomic mass is 9.81. The van der Waals surface area contributed by atoms with Crippen molar-refractivity contribution in [2.75, 3.05) is 4.90 Å². The summed E-state index contributed by atoms with van der Waals surface area (Å²) in [7, 11) is 0. The molecule has 0 amide bonds. The van der Waals surface area contributed by atoms with E-state index in [1.165, 1.54) is 76.2 Å². The predicted molar refractivity (Wildman–Crippen MR) is 246 cm³/mol. The standard InChI is InChI=1S/C55H39NOS/c1-55(2)49-33-41(23-30-45(49)47-34-48-46-15-9-10-16-51(46)57-52(48)35-50(47)55)54-32-31-53(58-54)40-21-28-44(29-22-40)56(42-24-17-38(18-25-42)36-11-5-3-6-12-36)43-26-19-39(20-27-43)37-13-7-4-8-14-37/h3-35H,1-2H3. The van der Waals surface area contributed by atoms with Crippen LogP contribution >= 0.6 is 11.3 Å². The van der Waals surface area contributed by atoms with Gasteiger partial charge in [-0.2, -0.15) is 0 Å². The van der Waals surface area contributed by atoms with Crippen LogP contribution in [0.25, 0.3) is 76.2 Å². The van der Waals surface area contributed by atoms with Crippen LogP contribution in [0, 0.1) is 0 Å². The van der Waals surface area contributed by atoms with E-state index in [2.05, 4.69) is 213 Å². The summed E-state index contributed by atoms with van der Waals surface area (Å²) in [6.07, 6.45) is 0. The normalized spacial score (nSPS) is 12.8. The lowest BCUT2D eigenvalue weighted by Crippen LogP contribution is -2.14. The Morgan fingerprint density at radius 3 is 1.47 bits per heavy atom. The van der Waals surface area contributed by atoms with E-state index in [-0.39, 0.29) is 5.41 Å². The molecule has 2 nitrogen and oxygen atoms in total. The first-order valence-electron chi connectivity index (χ1n) is 19.9. The molecule has 8 aromatic carbocycles. The van der Waals surface area contributed by atoms with Gasteiger partial charge in [-0.1, -0.05) is 141 Å². The molecule has 0 unspecified atom stereocenters. The number of hydrogen-bond acceptors (Lipinski definition) is 3. The molecule has 276 valence electrons. The van der Waals surface area contributed by atoms with Crippen LogP contribution in [0.15, 0.2) is 205 Å². The highest BCUT2D eigenvalue weighted by Crippen LogP contribution is 2.52. The topological polar surface area (TPSA) is 16.4 Å². The summed E-state index contributed by atoms with van der Waals surface area (Å²) in [6.45, 7) is 4.69. The van der Waals surface area contributed by atoms with Crippen LogP contribution in [0.4, 0.5) is 17.1 Å². The van der Waals surface area contributed by atoms with Gasteiger partial charge in [-0.3, -0.25) is 0 Å². The molecular formula is C55H39NOS. The van der Waals surface area contributed by atoms with Gasteiger partial charge in [0, 0.05) is 43.0 Å². The van der Waals surface area contributed by atoms with E-state index in [0.717, 1.165) is 28.2 Å². The first kappa shape index (κ1) is 34.3. The molecule has 0 fully saturated rings. The van der Waals surface area contributed by atoms with Gasteiger partial charge < -0.3 is 9.32 Å². The average Bonchev–Trinajstić information content (AvgIpc) is 3.98. The number of hydrogen-bond donors (Lipinski definition) is 0. The highest BCUT2D eigenvalue weighted by atomic mass is 32.1. The number of para-hydroxylation sites is 1. The van der Waals surface area contributed by atoms with E-state index in [4.69, 9.17) is 4.42 Å². The van der Waals surface area contributed by atoms with Gasteiger partial charge in [-0.25, -0.2) is 0 Å². The van der Waals surface area contributed by atoms with Crippen molar-refractivity contribution >= 4 is 50.3 Å². The maximum absolute atomic E-state index is 6.31. The molecule has 2 aromatic heterocycles. The van der Waals surface area contributed by atoms with E-state index in [9.17, 15) is 0 Å². The van der Waals surface area contributed by atoms with Crippen LogP contribution in [-0.2, 0) is 5.41 Å². The summed E-state index contributed by atoms with van der Waals surface area (Å²) in [6, 6.07) is 72.5. The van der Waals surface area contributed by atoms with Crippen molar-refractivity contribution in [2.45, 2.75) is 19.3 Å². The Hall–Kier alpha value is -6.94. The van der Waals surface area contributed by atoms with Crippen molar-refractivity contribution in [1.29, 1.82) is 0 Å². The second-order valence-corrected chi connectivity index (χ2v) is 16.8. The summed E-state index contributed by atoms with van der Waals surface area (Å²) < 4.78 is 6.31. The van der Waals surface area contributed by atoms with Gasteiger partial charge >= 0.3 is 0 Å². The van der Waals surface area contributed by atoms with Crippen molar-refractivity contribution in [2.24, 2.45) is 0 Å². The lowest BCUT2D eigenvalue weighted by Gasteiger charge is -2.26. The summed E-state index contributed by atoms with van der Waals surface area (Å²) in [5.74, 6) is 0. The lowest BCUT2D eigenvalue weighted by molar-refractivity contribution is 0.647. The van der Waals surface area contributed by atoms with Crippen LogP contribution in [0.2, 0.25) is 0 Å². The smallest absolute Gasteiger partial charge is 0.135 e. The third kappa shape index (κ3) is 5.78. The number of fused-ring (bicyclic) bond motifs is 6. The molecule has 0 saturated carbocycles. The van der Waals surface area contributed by atoms with E-state index in [0.29, 0.717) is 0 Å². The molecule has 1 aliphatic rings. The number of thiophene rings is 1. The molecule has 0 radical (unpaired) electrons. The maximum atomic E-state index is 6.31. The third-order valence-corrected chi connectivity index (χ3v) is 13.1. The van der Waals surface area contributed by atoms with Crippen molar-refractivity contribution in [3.05, 3.63) is 211 Å². The van der Waals surface area contributed by atoms with E-state index in [1.54, 1.807) is 0 Å². The minimum absolute atomic E-state index is 0.140. The minimum Gasteiger partial charge on any atom is -0.456 e. The van der Waals surface area contributed by atoms with Gasteiger partial charge in [0.2, 0.25) is 0 Å². The Morgan fingerprint density at radius 2 is 0.862 bits per heavy atom. The average molecular weight is 762 g/mol. The number of anilines is 3. The van der Waals surface area contributed by atoms with Gasteiger partial charge in [0.05, 0.1) is 0 Å². The van der Waals surface area contributed by atoms with E-state index >= 15 is 0 Å². The summed E-state index contributed by atoms with van der Waals surface area (Å²) >= 11 is 1.85. The van der Waals surface area contributed by atoms with Crippen LogP contribution in [-0.4, -0.2) is 0 Å². The second-order valence-electron chi connectivity index (χ2n) is 15.7. The van der Waals surface area contributed by atoms with Crippen LogP contribution < -0.4 is 4.90 Å². The maximum Gasteiger partial charge on any atom is 0.135 e. The monoisotopic (exact) mass is 761 g/mol. The fraction of sp³-hybridized carbons (Fsp3) is 0.0545. The minimum atomic E-state index is -0.140. The van der Waals surface area contributed by atoms with Gasteiger partial charge in [0.25, 0.3) is 0 Å². The zero-order chi connectivity index (χ0) is 38.8. The van der Waals surface area contributed by atoms with Gasteiger partial charge in [0.15, 0.2) is 0 Å². The van der Waals surface area contributed by atoms with Crippen molar-refractivity contribution in [3.8, 4) is 54.3 Å². The zero-order valence-corrected chi connectivity index (χ0v) is 33.1. The van der Waals surface area contributed by atoms with Crippen molar-refractivity contribution < 1.29 is 4.42 Å². The summed E-state index contributed by atoms with van der Waals surface area (Å²) in [5.41, 5.74) is 17.7. The molecule has 0 aliphatic heterocycles. The predicted octanol–water partition coefficient (Wildman–Crippen LogP) is 16.1. The Morgan fingerprint density at radius 1 is 0.379 bits per heavy atom. The van der Waals surface area contributed by atoms with Crippen LogP contribution in [0.5, 0.6) is 0 Å².